The first kappa shape index (κ1) is 15.1. The van der Waals surface area contributed by atoms with Gasteiger partial charge >= 0.3 is 0 Å². The van der Waals surface area contributed by atoms with Crippen molar-refractivity contribution in [1.82, 2.24) is 15.6 Å². The number of hydrazone groups is 1. The van der Waals surface area contributed by atoms with Crippen LogP contribution >= 0.6 is 0 Å². The van der Waals surface area contributed by atoms with Crippen LogP contribution in [0.3, 0.4) is 0 Å². The second-order valence-electron chi connectivity index (χ2n) is 5.68. The topological polar surface area (TPSA) is 83.3 Å². The second kappa shape index (κ2) is 6.60. The van der Waals surface area contributed by atoms with Crippen molar-refractivity contribution in [3.63, 3.8) is 0 Å². The summed E-state index contributed by atoms with van der Waals surface area (Å²) in [5.41, 5.74) is 7.13. The summed E-state index contributed by atoms with van der Waals surface area (Å²) in [6.45, 7) is 0. The number of fused-ring (bicyclic) bond motifs is 3. The highest BCUT2D eigenvalue weighted by Gasteiger charge is 2.24. The van der Waals surface area contributed by atoms with E-state index in [0.717, 1.165) is 35.4 Å². The van der Waals surface area contributed by atoms with Gasteiger partial charge in [0.05, 0.1) is 12.0 Å². The zero-order chi connectivity index (χ0) is 17.1. The largest absolute Gasteiger partial charge is 0.465 e. The molecule has 2 N–H and O–H groups in total. The van der Waals surface area contributed by atoms with Crippen LogP contribution in [0, 0.1) is 0 Å². The van der Waals surface area contributed by atoms with E-state index >= 15 is 0 Å². The third-order valence-electron chi connectivity index (χ3n) is 4.14. The van der Waals surface area contributed by atoms with E-state index in [9.17, 15) is 4.79 Å². The smallest absolute Gasteiger partial charge is 0.289 e. The van der Waals surface area contributed by atoms with Gasteiger partial charge in [-0.1, -0.05) is 24.3 Å². The van der Waals surface area contributed by atoms with Gasteiger partial charge in [0.2, 0.25) is 0 Å². The number of aryl methyl sites for hydroxylation is 1. The van der Waals surface area contributed by atoms with Gasteiger partial charge < -0.3 is 4.42 Å². The third kappa shape index (κ3) is 3.01. The Balaban J connectivity index is 1.46. The van der Waals surface area contributed by atoms with E-state index in [0.29, 0.717) is 5.69 Å². The standard InChI is InChI=1S/C19H16N4O2/c24-19(23-20-11-3-6-14-7-4-12-25-14)18-16-10-9-13-5-1-2-8-15(13)17(16)21-22-18/h1-8,11-12H,9-10H2,(H,21,22)(H,23,24). The zero-order valence-electron chi connectivity index (χ0n) is 13.4. The molecule has 0 fully saturated rings. The van der Waals surface area contributed by atoms with E-state index in [1.54, 1.807) is 24.5 Å². The average molecular weight is 332 g/mol. The number of furan rings is 1. The number of hydrogen-bond acceptors (Lipinski definition) is 4. The minimum atomic E-state index is -0.296. The van der Waals surface area contributed by atoms with Crippen molar-refractivity contribution in [3.05, 3.63) is 71.3 Å². The summed E-state index contributed by atoms with van der Waals surface area (Å²) >= 11 is 0. The molecule has 4 rings (SSSR count). The lowest BCUT2D eigenvalue weighted by atomic mass is 9.89. The number of H-pyrrole nitrogens is 1. The summed E-state index contributed by atoms with van der Waals surface area (Å²) in [5, 5.41) is 11.1. The predicted octanol–water partition coefficient (Wildman–Crippen LogP) is 3.20. The number of hydrogen-bond donors (Lipinski definition) is 2. The van der Waals surface area contributed by atoms with Crippen LogP contribution in [0.1, 0.15) is 27.4 Å². The number of carbonyl (C=O) groups excluding carboxylic acids is 1. The molecule has 1 aromatic carbocycles. The van der Waals surface area contributed by atoms with Crippen molar-refractivity contribution in [2.45, 2.75) is 12.8 Å². The SMILES string of the molecule is O=C(NN=CC=Cc1ccco1)c1[nH]nc2c1CCc1ccccc1-2. The van der Waals surface area contributed by atoms with Gasteiger partial charge in [0.1, 0.15) is 11.5 Å². The minimum absolute atomic E-state index is 0.296. The van der Waals surface area contributed by atoms with Crippen molar-refractivity contribution in [3.8, 4) is 11.3 Å². The lowest BCUT2D eigenvalue weighted by molar-refractivity contribution is 0.0949. The van der Waals surface area contributed by atoms with Crippen molar-refractivity contribution >= 4 is 18.2 Å². The highest BCUT2D eigenvalue weighted by atomic mass is 16.3. The summed E-state index contributed by atoms with van der Waals surface area (Å²) in [6.07, 6.45) is 8.23. The Morgan fingerprint density at radius 1 is 1.24 bits per heavy atom. The second-order valence-corrected chi connectivity index (χ2v) is 5.68. The Bertz CT molecular complexity index is 952. The molecule has 3 aromatic rings. The van der Waals surface area contributed by atoms with Gasteiger partial charge in [-0.25, -0.2) is 5.43 Å². The summed E-state index contributed by atoms with van der Waals surface area (Å²) in [6, 6.07) is 11.8. The van der Waals surface area contributed by atoms with Crippen LogP contribution in [0.15, 0.2) is 58.3 Å². The number of aromatic nitrogens is 2. The Morgan fingerprint density at radius 2 is 2.16 bits per heavy atom. The van der Waals surface area contributed by atoms with E-state index in [-0.39, 0.29) is 5.91 Å². The van der Waals surface area contributed by atoms with Gasteiger partial charge in [-0.05, 0) is 42.7 Å². The van der Waals surface area contributed by atoms with E-state index in [1.165, 1.54) is 11.8 Å². The van der Waals surface area contributed by atoms with Crippen LogP contribution in [0.25, 0.3) is 17.3 Å². The quantitative estimate of drug-likeness (QED) is 0.568. The summed E-state index contributed by atoms with van der Waals surface area (Å²) in [7, 11) is 0. The van der Waals surface area contributed by atoms with Gasteiger partial charge in [0.15, 0.2) is 0 Å². The van der Waals surface area contributed by atoms with Crippen LogP contribution in [0.2, 0.25) is 0 Å². The van der Waals surface area contributed by atoms with Crippen LogP contribution < -0.4 is 5.43 Å². The fraction of sp³-hybridized carbons (Fsp3) is 0.105. The molecule has 0 atom stereocenters. The Kier molecular flexibility index (Phi) is 4.00. The van der Waals surface area contributed by atoms with Crippen molar-refractivity contribution in [1.29, 1.82) is 0 Å². The molecule has 0 radical (unpaired) electrons. The van der Waals surface area contributed by atoms with Gasteiger partial charge in [0, 0.05) is 17.3 Å². The highest BCUT2D eigenvalue weighted by molar-refractivity contribution is 5.96. The molecule has 0 aliphatic heterocycles. The maximum atomic E-state index is 12.3. The number of amides is 1. The normalized spacial score (nSPS) is 13.1. The molecule has 1 aliphatic carbocycles. The van der Waals surface area contributed by atoms with Crippen LogP contribution in [0.4, 0.5) is 0 Å². The van der Waals surface area contributed by atoms with Gasteiger partial charge in [0.25, 0.3) is 5.91 Å². The first-order chi connectivity index (χ1) is 12.3. The van der Waals surface area contributed by atoms with E-state index in [2.05, 4.69) is 26.8 Å². The van der Waals surface area contributed by atoms with Crippen LogP contribution in [0.5, 0.6) is 0 Å². The average Bonchev–Trinajstić information content (AvgIpc) is 3.31. The van der Waals surface area contributed by atoms with Gasteiger partial charge in [-0.2, -0.15) is 10.2 Å². The molecule has 25 heavy (non-hydrogen) atoms. The maximum Gasteiger partial charge on any atom is 0.289 e. The lowest BCUT2D eigenvalue weighted by Gasteiger charge is -2.15. The Morgan fingerprint density at radius 3 is 3.04 bits per heavy atom. The highest BCUT2D eigenvalue weighted by Crippen LogP contribution is 2.33. The zero-order valence-corrected chi connectivity index (χ0v) is 13.4. The first-order valence-electron chi connectivity index (χ1n) is 8.02. The number of nitrogens with one attached hydrogen (secondary N) is 2. The molecule has 2 heterocycles. The summed E-state index contributed by atoms with van der Waals surface area (Å²) in [4.78, 5) is 12.3. The predicted molar refractivity (Wildman–Crippen MR) is 95.1 cm³/mol. The molecule has 6 heteroatoms. The fourth-order valence-corrected chi connectivity index (χ4v) is 2.97. The Hall–Kier alpha value is -3.41. The molecular formula is C19H16N4O2. The number of benzene rings is 1. The molecule has 0 spiro atoms. The van der Waals surface area contributed by atoms with E-state index in [1.807, 2.05) is 24.3 Å². The van der Waals surface area contributed by atoms with Crippen molar-refractivity contribution in [2.24, 2.45) is 5.10 Å². The van der Waals surface area contributed by atoms with Gasteiger partial charge in [-0.15, -0.1) is 0 Å². The molecule has 2 aromatic heterocycles. The summed E-state index contributed by atoms with van der Waals surface area (Å²) in [5.74, 6) is 0.426. The minimum Gasteiger partial charge on any atom is -0.465 e. The number of nitrogens with zero attached hydrogens (tertiary/aromatic N) is 2. The maximum absolute atomic E-state index is 12.3. The molecule has 1 aliphatic rings. The molecule has 124 valence electrons. The van der Waals surface area contributed by atoms with E-state index in [4.69, 9.17) is 4.42 Å². The molecule has 1 amide bonds. The Labute approximate surface area is 144 Å². The number of carbonyl (C=O) groups is 1. The van der Waals surface area contributed by atoms with Crippen molar-refractivity contribution < 1.29 is 9.21 Å². The van der Waals surface area contributed by atoms with Gasteiger partial charge in [-0.3, -0.25) is 9.89 Å². The first-order valence-corrected chi connectivity index (χ1v) is 8.02. The number of aromatic amines is 1. The fourth-order valence-electron chi connectivity index (χ4n) is 2.97. The van der Waals surface area contributed by atoms with Crippen LogP contribution in [-0.4, -0.2) is 22.3 Å². The van der Waals surface area contributed by atoms with E-state index < -0.39 is 0 Å². The lowest BCUT2D eigenvalue weighted by Crippen LogP contribution is -2.20. The summed E-state index contributed by atoms with van der Waals surface area (Å²) < 4.78 is 5.16. The number of allylic oxidation sites excluding steroid dienone is 1. The monoisotopic (exact) mass is 332 g/mol. The molecule has 0 saturated heterocycles. The number of rotatable bonds is 4. The van der Waals surface area contributed by atoms with Crippen molar-refractivity contribution in [2.75, 3.05) is 0 Å². The molecular weight excluding hydrogens is 316 g/mol. The van der Waals surface area contributed by atoms with Crippen LogP contribution in [-0.2, 0) is 12.8 Å². The molecule has 0 saturated carbocycles. The third-order valence-corrected chi connectivity index (χ3v) is 4.14. The molecule has 6 nitrogen and oxygen atoms in total. The molecule has 0 bridgehead atoms. The molecule has 0 unspecified atom stereocenters.